The van der Waals surface area contributed by atoms with Gasteiger partial charge in [-0.2, -0.15) is 26.3 Å². The molecule has 1 atom stereocenters. The molecule has 0 fully saturated rings. The molecule has 0 aliphatic carbocycles. The van der Waals surface area contributed by atoms with Gasteiger partial charge in [0, 0.05) is 0 Å². The van der Waals surface area contributed by atoms with E-state index in [0.717, 1.165) is 25.2 Å². The topological polar surface area (TPSA) is 12.0 Å². The molecule has 0 aromatic heterocycles. The van der Waals surface area contributed by atoms with Gasteiger partial charge in [0.15, 0.2) is 0 Å². The van der Waals surface area contributed by atoms with Crippen LogP contribution in [0.3, 0.4) is 0 Å². The second-order valence-corrected chi connectivity index (χ2v) is 3.79. The number of hydrogen-bond acceptors (Lipinski definition) is 1. The molecule has 0 radical (unpaired) electrons. The van der Waals surface area contributed by atoms with Gasteiger partial charge in [-0.1, -0.05) is 18.2 Å². The van der Waals surface area contributed by atoms with E-state index in [9.17, 15) is 26.3 Å². The van der Waals surface area contributed by atoms with Crippen molar-refractivity contribution in [3.05, 3.63) is 35.4 Å². The number of alkyl halides is 6. The van der Waals surface area contributed by atoms with Crippen molar-refractivity contribution in [3.63, 3.8) is 0 Å². The van der Waals surface area contributed by atoms with Crippen molar-refractivity contribution < 1.29 is 26.3 Å². The summed E-state index contributed by atoms with van der Waals surface area (Å²) in [5.74, 6) is 0. The second kappa shape index (κ2) is 5.17. The summed E-state index contributed by atoms with van der Waals surface area (Å²) in [7, 11) is 1.12. The molecule has 0 spiro atoms. The molecule has 0 heterocycles. The molecule has 102 valence electrons. The Labute approximate surface area is 99.8 Å². The molecule has 0 aliphatic rings. The molecule has 0 saturated heterocycles. The van der Waals surface area contributed by atoms with Crippen molar-refractivity contribution in [1.29, 1.82) is 0 Å². The number of hydrogen-bond donors (Lipinski definition) is 1. The number of halogens is 6. The van der Waals surface area contributed by atoms with Crippen LogP contribution in [0.15, 0.2) is 24.3 Å². The van der Waals surface area contributed by atoms with Crippen LogP contribution < -0.4 is 5.32 Å². The van der Waals surface area contributed by atoms with E-state index in [0.29, 0.717) is 0 Å². The van der Waals surface area contributed by atoms with Crippen LogP contribution in [0.25, 0.3) is 0 Å². The Bertz CT molecular complexity index is 395. The van der Waals surface area contributed by atoms with E-state index in [2.05, 4.69) is 0 Å². The van der Waals surface area contributed by atoms with Crippen LogP contribution in [0.4, 0.5) is 26.3 Å². The van der Waals surface area contributed by atoms with Crippen molar-refractivity contribution in [2.45, 2.75) is 24.8 Å². The Morgan fingerprint density at radius 3 is 2.17 bits per heavy atom. The molecule has 0 aliphatic heterocycles. The Morgan fingerprint density at radius 2 is 1.72 bits per heavy atom. The maximum Gasteiger partial charge on any atom is 0.416 e. The first kappa shape index (κ1) is 14.8. The molecule has 0 bridgehead atoms. The van der Waals surface area contributed by atoms with Crippen LogP contribution in [0.1, 0.15) is 11.1 Å². The van der Waals surface area contributed by atoms with Gasteiger partial charge in [0.2, 0.25) is 0 Å². The van der Waals surface area contributed by atoms with Gasteiger partial charge in [-0.25, -0.2) is 0 Å². The van der Waals surface area contributed by atoms with Crippen molar-refractivity contribution in [2.24, 2.45) is 0 Å². The van der Waals surface area contributed by atoms with E-state index in [1.54, 1.807) is 0 Å². The predicted octanol–water partition coefficient (Wildman–Crippen LogP) is 3.40. The van der Waals surface area contributed by atoms with Gasteiger partial charge in [0.05, 0.1) is 5.56 Å². The summed E-state index contributed by atoms with van der Waals surface area (Å²) in [4.78, 5) is 0. The number of nitrogens with one attached hydrogen (secondary N) is 1. The van der Waals surface area contributed by atoms with Crippen LogP contribution in [0.5, 0.6) is 0 Å². The first-order valence-corrected chi connectivity index (χ1v) is 5.04. The van der Waals surface area contributed by atoms with Gasteiger partial charge in [0.1, 0.15) is 6.04 Å². The molecular weight excluding hydrogens is 260 g/mol. The molecule has 1 N–H and O–H groups in total. The zero-order chi connectivity index (χ0) is 14.0. The monoisotopic (exact) mass is 271 g/mol. The number of benzene rings is 1. The summed E-state index contributed by atoms with van der Waals surface area (Å²) >= 11 is 0. The van der Waals surface area contributed by atoms with Crippen molar-refractivity contribution >= 4 is 0 Å². The first-order valence-electron chi connectivity index (χ1n) is 5.04. The summed E-state index contributed by atoms with van der Waals surface area (Å²) in [5, 5.41) is 2.04. The third-order valence-electron chi connectivity index (χ3n) is 2.44. The Morgan fingerprint density at radius 1 is 1.11 bits per heavy atom. The predicted molar refractivity (Wildman–Crippen MR) is 54.1 cm³/mol. The molecule has 0 saturated carbocycles. The van der Waals surface area contributed by atoms with Crippen molar-refractivity contribution in [1.82, 2.24) is 5.32 Å². The van der Waals surface area contributed by atoms with Gasteiger partial charge in [-0.3, -0.25) is 0 Å². The quantitative estimate of drug-likeness (QED) is 0.831. The Kier molecular flexibility index (Phi) is 4.26. The summed E-state index contributed by atoms with van der Waals surface area (Å²) in [5.41, 5.74) is -0.960. The molecule has 0 amide bonds. The molecule has 18 heavy (non-hydrogen) atoms. The molecule has 1 nitrogen and oxygen atoms in total. The van der Waals surface area contributed by atoms with E-state index in [4.69, 9.17) is 0 Å². The van der Waals surface area contributed by atoms with Gasteiger partial charge in [-0.05, 0) is 25.1 Å². The number of likely N-dealkylation sites (N-methyl/N-ethyl adjacent to an activating group) is 1. The second-order valence-electron chi connectivity index (χ2n) is 3.79. The standard InChI is InChI=1S/C11H11F6N/c1-18-9(11(15,16)17)6-7-3-2-4-8(5-7)10(12,13)14/h2-5,9,18H,6H2,1H3. The average Bonchev–Trinajstić information content (AvgIpc) is 2.23. The van der Waals surface area contributed by atoms with Crippen LogP contribution in [0.2, 0.25) is 0 Å². The Hall–Kier alpha value is -1.24. The zero-order valence-corrected chi connectivity index (χ0v) is 9.36. The van der Waals surface area contributed by atoms with Crippen molar-refractivity contribution in [3.8, 4) is 0 Å². The summed E-state index contributed by atoms with van der Waals surface area (Å²) in [6, 6.07) is 2.04. The summed E-state index contributed by atoms with van der Waals surface area (Å²) in [6.07, 6.45) is -9.59. The number of rotatable bonds is 3. The van der Waals surface area contributed by atoms with E-state index < -0.39 is 30.4 Å². The lowest BCUT2D eigenvalue weighted by atomic mass is 10.0. The minimum atomic E-state index is -4.55. The van der Waals surface area contributed by atoms with Gasteiger partial charge in [0.25, 0.3) is 0 Å². The van der Waals surface area contributed by atoms with Gasteiger partial charge < -0.3 is 5.32 Å². The van der Waals surface area contributed by atoms with Crippen LogP contribution in [0, 0.1) is 0 Å². The first-order chi connectivity index (χ1) is 8.14. The van der Waals surface area contributed by atoms with Crippen molar-refractivity contribution in [2.75, 3.05) is 7.05 Å². The molecule has 1 rings (SSSR count). The lowest BCUT2D eigenvalue weighted by Crippen LogP contribution is -2.41. The van der Waals surface area contributed by atoms with E-state index in [-0.39, 0.29) is 5.56 Å². The minimum Gasteiger partial charge on any atom is -0.309 e. The van der Waals surface area contributed by atoms with E-state index >= 15 is 0 Å². The van der Waals surface area contributed by atoms with Crippen LogP contribution in [-0.4, -0.2) is 19.3 Å². The van der Waals surface area contributed by atoms with Crippen LogP contribution in [-0.2, 0) is 12.6 Å². The summed E-state index contributed by atoms with van der Waals surface area (Å²) < 4.78 is 74.5. The fraction of sp³-hybridized carbons (Fsp3) is 0.455. The maximum atomic E-state index is 12.5. The molecule has 7 heteroatoms. The molecular formula is C11H11F6N. The third kappa shape index (κ3) is 3.90. The average molecular weight is 271 g/mol. The fourth-order valence-corrected chi connectivity index (χ4v) is 1.49. The highest BCUT2D eigenvalue weighted by Gasteiger charge is 2.38. The Balaban J connectivity index is 2.92. The normalized spacial score (nSPS) is 14.6. The third-order valence-corrected chi connectivity index (χ3v) is 2.44. The van der Waals surface area contributed by atoms with E-state index in [1.807, 2.05) is 5.32 Å². The largest absolute Gasteiger partial charge is 0.416 e. The lowest BCUT2D eigenvalue weighted by Gasteiger charge is -2.20. The SMILES string of the molecule is CNC(Cc1cccc(C(F)(F)F)c1)C(F)(F)F. The highest BCUT2D eigenvalue weighted by Crippen LogP contribution is 2.30. The van der Waals surface area contributed by atoms with Gasteiger partial charge in [-0.15, -0.1) is 0 Å². The highest BCUT2D eigenvalue weighted by atomic mass is 19.4. The fourth-order valence-electron chi connectivity index (χ4n) is 1.49. The van der Waals surface area contributed by atoms with Crippen LogP contribution >= 0.6 is 0 Å². The lowest BCUT2D eigenvalue weighted by molar-refractivity contribution is -0.154. The summed E-state index contributed by atoms with van der Waals surface area (Å²) in [6.45, 7) is 0. The molecule has 1 aromatic carbocycles. The van der Waals surface area contributed by atoms with E-state index in [1.165, 1.54) is 6.07 Å². The minimum absolute atomic E-state index is 0.0125. The maximum absolute atomic E-state index is 12.5. The zero-order valence-electron chi connectivity index (χ0n) is 9.36. The smallest absolute Gasteiger partial charge is 0.309 e. The molecule has 1 unspecified atom stereocenters. The van der Waals surface area contributed by atoms with Gasteiger partial charge >= 0.3 is 12.4 Å². The highest BCUT2D eigenvalue weighted by molar-refractivity contribution is 5.26. The molecule has 1 aromatic rings.